The summed E-state index contributed by atoms with van der Waals surface area (Å²) < 4.78 is 5.26. The molecular weight excluding hydrogens is 204 g/mol. The van der Waals surface area contributed by atoms with Gasteiger partial charge < -0.3 is 4.18 Å². The van der Waals surface area contributed by atoms with E-state index in [1.165, 1.54) is 6.92 Å². The van der Waals surface area contributed by atoms with Crippen molar-refractivity contribution >= 4 is 34.4 Å². The summed E-state index contributed by atoms with van der Waals surface area (Å²) in [4.78, 5) is 10.5. The van der Waals surface area contributed by atoms with Crippen LogP contribution in [-0.4, -0.2) is 10.2 Å². The van der Waals surface area contributed by atoms with Crippen LogP contribution in [0.15, 0.2) is 30.3 Å². The summed E-state index contributed by atoms with van der Waals surface area (Å²) in [7, 11) is 0. The Labute approximate surface area is 86.5 Å². The lowest BCUT2D eigenvalue weighted by molar-refractivity contribution is -0.130. The summed E-state index contributed by atoms with van der Waals surface area (Å²) in [6.45, 7) is 1.35. The number of hydrogen-bond donors (Lipinski definition) is 0. The third kappa shape index (κ3) is 3.57. The average molecular weight is 212 g/mol. The van der Waals surface area contributed by atoms with Crippen molar-refractivity contribution in [2.75, 3.05) is 0 Å². The molecule has 68 valence electrons. The van der Waals surface area contributed by atoms with Crippen LogP contribution in [0, 0.1) is 0 Å². The highest BCUT2D eigenvalue weighted by Crippen LogP contribution is 2.14. The van der Waals surface area contributed by atoms with Crippen molar-refractivity contribution in [2.45, 2.75) is 6.92 Å². The van der Waals surface area contributed by atoms with E-state index in [9.17, 15) is 4.79 Å². The Morgan fingerprint density at radius 2 is 2.00 bits per heavy atom. The molecule has 0 aromatic heterocycles. The number of carbonyl (C=O) groups is 1. The highest BCUT2D eigenvalue weighted by Gasteiger charge is 2.03. The molecule has 0 unspecified atom stereocenters. The molecule has 1 rings (SSSR count). The summed E-state index contributed by atoms with van der Waals surface area (Å²) >= 11 is 5.94. The first kappa shape index (κ1) is 10.2. The zero-order chi connectivity index (χ0) is 9.68. The maximum Gasteiger partial charge on any atom is 0.315 e. The Morgan fingerprint density at radius 3 is 2.54 bits per heavy atom. The molecule has 0 heterocycles. The molecule has 0 radical (unpaired) electrons. The second-order valence-electron chi connectivity index (χ2n) is 2.31. The molecule has 0 saturated heterocycles. The highest BCUT2D eigenvalue weighted by atomic mass is 32.2. The van der Waals surface area contributed by atoms with E-state index in [2.05, 4.69) is 0 Å². The number of benzene rings is 1. The highest BCUT2D eigenvalue weighted by molar-refractivity contribution is 8.20. The van der Waals surface area contributed by atoms with Gasteiger partial charge in [0.15, 0.2) is 0 Å². The maximum absolute atomic E-state index is 10.5. The van der Waals surface area contributed by atoms with Crippen LogP contribution in [0.4, 0.5) is 0 Å². The fraction of sp³-hybridized carbons (Fsp3) is 0.111. The fourth-order valence-corrected chi connectivity index (χ4v) is 1.38. The largest absolute Gasteiger partial charge is 0.385 e. The van der Waals surface area contributed by atoms with Gasteiger partial charge in [-0.05, 0) is 0 Å². The van der Waals surface area contributed by atoms with Crippen molar-refractivity contribution in [2.24, 2.45) is 0 Å². The van der Waals surface area contributed by atoms with Gasteiger partial charge in [0.05, 0.1) is 0 Å². The summed E-state index contributed by atoms with van der Waals surface area (Å²) in [5.74, 6) is -0.344. The minimum absolute atomic E-state index is 0.344. The van der Waals surface area contributed by atoms with Gasteiger partial charge in [-0.25, -0.2) is 0 Å². The van der Waals surface area contributed by atoms with Crippen LogP contribution < -0.4 is 0 Å². The number of carbonyl (C=O) groups excluding carboxylic acids is 1. The van der Waals surface area contributed by atoms with Crippen LogP contribution in [-0.2, 0) is 8.98 Å². The van der Waals surface area contributed by atoms with Crippen molar-refractivity contribution in [3.05, 3.63) is 35.9 Å². The molecule has 0 fully saturated rings. The van der Waals surface area contributed by atoms with Gasteiger partial charge in [-0.1, -0.05) is 42.5 Å². The van der Waals surface area contributed by atoms with Crippen molar-refractivity contribution in [3.8, 4) is 0 Å². The summed E-state index contributed by atoms with van der Waals surface area (Å²) in [5.41, 5.74) is 0.892. The standard InChI is InChI=1S/C9H8O2S2/c1-7(10)11-13-9(12)8-5-3-2-4-6-8/h2-6H,1H3. The molecule has 0 aliphatic carbocycles. The molecule has 0 saturated carbocycles. The Balaban J connectivity index is 2.54. The summed E-state index contributed by atoms with van der Waals surface area (Å²) in [5, 5.41) is 0. The van der Waals surface area contributed by atoms with Crippen molar-refractivity contribution < 1.29 is 8.98 Å². The third-order valence-corrected chi connectivity index (χ3v) is 2.39. The van der Waals surface area contributed by atoms with Crippen LogP contribution in [0.25, 0.3) is 0 Å². The number of thiocarbonyl (C=S) groups is 1. The van der Waals surface area contributed by atoms with E-state index in [0.29, 0.717) is 4.20 Å². The monoisotopic (exact) mass is 212 g/mol. The summed E-state index contributed by atoms with van der Waals surface area (Å²) in [6, 6.07) is 9.42. The van der Waals surface area contributed by atoms with E-state index in [-0.39, 0.29) is 5.97 Å². The second-order valence-corrected chi connectivity index (χ2v) is 3.72. The minimum atomic E-state index is -0.344. The van der Waals surface area contributed by atoms with E-state index >= 15 is 0 Å². The smallest absolute Gasteiger partial charge is 0.315 e. The molecular formula is C9H8O2S2. The van der Waals surface area contributed by atoms with Gasteiger partial charge in [-0.3, -0.25) is 4.79 Å². The molecule has 0 aliphatic heterocycles. The fourth-order valence-electron chi connectivity index (χ4n) is 0.719. The van der Waals surface area contributed by atoms with Gasteiger partial charge in [-0.15, -0.1) is 0 Å². The van der Waals surface area contributed by atoms with Crippen molar-refractivity contribution in [3.63, 3.8) is 0 Å². The number of hydrogen-bond acceptors (Lipinski definition) is 4. The summed E-state index contributed by atoms with van der Waals surface area (Å²) in [6.07, 6.45) is 0. The van der Waals surface area contributed by atoms with Crippen molar-refractivity contribution in [1.82, 2.24) is 0 Å². The molecule has 2 nitrogen and oxygen atoms in total. The van der Waals surface area contributed by atoms with Crippen LogP contribution in [0.2, 0.25) is 0 Å². The molecule has 0 aliphatic rings. The van der Waals surface area contributed by atoms with Gasteiger partial charge in [0.25, 0.3) is 0 Å². The zero-order valence-corrected chi connectivity index (χ0v) is 8.65. The molecule has 0 bridgehead atoms. The van der Waals surface area contributed by atoms with Gasteiger partial charge >= 0.3 is 5.97 Å². The lowest BCUT2D eigenvalue weighted by atomic mass is 10.2. The molecule has 1 aromatic carbocycles. The van der Waals surface area contributed by atoms with Gasteiger partial charge in [0.1, 0.15) is 16.2 Å². The topological polar surface area (TPSA) is 26.3 Å². The first-order chi connectivity index (χ1) is 6.20. The molecule has 0 amide bonds. The van der Waals surface area contributed by atoms with Crippen molar-refractivity contribution in [1.29, 1.82) is 0 Å². The average Bonchev–Trinajstić information content (AvgIpc) is 2.15. The van der Waals surface area contributed by atoms with E-state index in [1.54, 1.807) is 0 Å². The van der Waals surface area contributed by atoms with Gasteiger partial charge in [0.2, 0.25) is 0 Å². The van der Waals surface area contributed by atoms with Crippen LogP contribution in [0.5, 0.6) is 0 Å². The Hall–Kier alpha value is -0.870. The van der Waals surface area contributed by atoms with Crippen LogP contribution in [0.1, 0.15) is 12.5 Å². The maximum atomic E-state index is 10.5. The lowest BCUT2D eigenvalue weighted by Crippen LogP contribution is -1.96. The quantitative estimate of drug-likeness (QED) is 0.528. The minimum Gasteiger partial charge on any atom is -0.385 e. The molecule has 13 heavy (non-hydrogen) atoms. The van der Waals surface area contributed by atoms with Gasteiger partial charge in [-0.2, -0.15) is 0 Å². The first-order valence-electron chi connectivity index (χ1n) is 3.64. The van der Waals surface area contributed by atoms with Crippen LogP contribution >= 0.6 is 24.3 Å². The molecule has 0 spiro atoms. The third-order valence-electron chi connectivity index (χ3n) is 1.24. The van der Waals surface area contributed by atoms with E-state index < -0.39 is 0 Å². The molecule has 1 aromatic rings. The molecule has 0 atom stereocenters. The van der Waals surface area contributed by atoms with E-state index in [4.69, 9.17) is 16.4 Å². The van der Waals surface area contributed by atoms with E-state index in [1.807, 2.05) is 30.3 Å². The molecule has 4 heteroatoms. The second kappa shape index (κ2) is 4.99. The van der Waals surface area contributed by atoms with E-state index in [0.717, 1.165) is 17.6 Å². The molecule has 0 N–H and O–H groups in total. The SMILES string of the molecule is CC(=O)OSC(=S)c1ccccc1. The normalized spacial score (nSPS) is 9.31. The lowest BCUT2D eigenvalue weighted by Gasteiger charge is -2.00. The predicted molar refractivity (Wildman–Crippen MR) is 57.5 cm³/mol. The first-order valence-corrected chi connectivity index (χ1v) is 4.79. The van der Waals surface area contributed by atoms with Gasteiger partial charge in [0, 0.05) is 12.5 Å². The predicted octanol–water partition coefficient (Wildman–Crippen LogP) is 2.57. The Morgan fingerprint density at radius 1 is 1.38 bits per heavy atom. The zero-order valence-electron chi connectivity index (χ0n) is 7.02. The van der Waals surface area contributed by atoms with Crippen LogP contribution in [0.3, 0.4) is 0 Å². The number of rotatable bonds is 1. The Bertz CT molecular complexity index is 309. The Kier molecular flexibility index (Phi) is 3.92.